The van der Waals surface area contributed by atoms with Crippen molar-refractivity contribution in [3.63, 3.8) is 0 Å². The molecule has 7 nitrogen and oxygen atoms in total. The van der Waals surface area contributed by atoms with Gasteiger partial charge in [0.2, 0.25) is 5.91 Å². The summed E-state index contributed by atoms with van der Waals surface area (Å²) in [6.45, 7) is 2.00. The van der Waals surface area contributed by atoms with Gasteiger partial charge in [-0.15, -0.1) is 0 Å². The van der Waals surface area contributed by atoms with Crippen LogP contribution in [0.2, 0.25) is 0 Å². The van der Waals surface area contributed by atoms with Crippen molar-refractivity contribution in [1.82, 2.24) is 0 Å². The molecule has 0 unspecified atom stereocenters. The number of rotatable bonds is 4. The zero-order valence-electron chi connectivity index (χ0n) is 20.5. The molecule has 0 aliphatic carbocycles. The van der Waals surface area contributed by atoms with Gasteiger partial charge in [-0.05, 0) is 53.1 Å². The van der Waals surface area contributed by atoms with Gasteiger partial charge in [-0.1, -0.05) is 54.6 Å². The third-order valence-electron chi connectivity index (χ3n) is 7.07. The van der Waals surface area contributed by atoms with Crippen molar-refractivity contribution in [3.8, 4) is 22.6 Å². The Morgan fingerprint density at radius 1 is 0.868 bits per heavy atom. The smallest absolute Gasteiger partial charge is 0.261 e. The molecule has 5 aromatic carbocycles. The summed E-state index contributed by atoms with van der Waals surface area (Å²) in [5, 5.41) is 24.7. The predicted molar refractivity (Wildman–Crippen MR) is 149 cm³/mol. The van der Waals surface area contributed by atoms with Crippen LogP contribution in [-0.4, -0.2) is 31.1 Å². The van der Waals surface area contributed by atoms with E-state index in [0.29, 0.717) is 34.9 Å². The lowest BCUT2D eigenvalue weighted by molar-refractivity contribution is -0.116. The van der Waals surface area contributed by atoms with Gasteiger partial charge in [-0.25, -0.2) is 8.42 Å². The highest BCUT2D eigenvalue weighted by Crippen LogP contribution is 2.46. The summed E-state index contributed by atoms with van der Waals surface area (Å²) < 4.78 is 29.8. The maximum atomic E-state index is 13.6. The molecule has 0 fully saturated rings. The summed E-state index contributed by atoms with van der Waals surface area (Å²) in [7, 11) is -4.03. The van der Waals surface area contributed by atoms with Crippen molar-refractivity contribution in [2.45, 2.75) is 18.2 Å². The van der Waals surface area contributed by atoms with Crippen LogP contribution in [0.25, 0.3) is 32.7 Å². The SMILES string of the molecule is CC(=O)N1CCc2cc(S(=O)(=O)Nc3cc(-c4c(O)ccc5ccccc45)c(O)c4ccccc34)ccc21. The monoisotopic (exact) mass is 524 g/mol. The molecule has 0 aromatic heterocycles. The second kappa shape index (κ2) is 8.78. The molecule has 1 heterocycles. The van der Waals surface area contributed by atoms with Crippen molar-refractivity contribution in [1.29, 1.82) is 0 Å². The number of fused-ring (bicyclic) bond motifs is 3. The number of hydrogen-bond donors (Lipinski definition) is 3. The second-order valence-electron chi connectivity index (χ2n) is 9.36. The Bertz CT molecular complexity index is 1880. The molecule has 1 amide bonds. The number of benzene rings is 5. The van der Waals surface area contributed by atoms with Gasteiger partial charge < -0.3 is 15.1 Å². The van der Waals surface area contributed by atoms with Crippen molar-refractivity contribution in [3.05, 3.63) is 90.5 Å². The first-order valence-electron chi connectivity index (χ1n) is 12.1. The molecule has 0 saturated heterocycles. The molecule has 5 aromatic rings. The fraction of sp³-hybridized carbons (Fsp3) is 0.100. The maximum absolute atomic E-state index is 13.6. The first-order chi connectivity index (χ1) is 18.2. The second-order valence-corrected chi connectivity index (χ2v) is 11.0. The highest BCUT2D eigenvalue weighted by molar-refractivity contribution is 7.92. The fourth-order valence-corrected chi connectivity index (χ4v) is 6.38. The quantitative estimate of drug-likeness (QED) is 0.258. The molecule has 190 valence electrons. The Balaban J connectivity index is 1.50. The van der Waals surface area contributed by atoms with E-state index in [1.54, 1.807) is 59.5 Å². The minimum Gasteiger partial charge on any atom is -0.507 e. The van der Waals surface area contributed by atoms with Crippen LogP contribution < -0.4 is 9.62 Å². The van der Waals surface area contributed by atoms with Gasteiger partial charge >= 0.3 is 0 Å². The molecule has 3 N–H and O–H groups in total. The third-order valence-corrected chi connectivity index (χ3v) is 8.44. The van der Waals surface area contributed by atoms with E-state index in [-0.39, 0.29) is 28.0 Å². The van der Waals surface area contributed by atoms with Crippen molar-refractivity contribution >= 4 is 48.9 Å². The molecule has 0 atom stereocenters. The van der Waals surface area contributed by atoms with E-state index < -0.39 is 10.0 Å². The van der Waals surface area contributed by atoms with E-state index in [1.807, 2.05) is 24.3 Å². The lowest BCUT2D eigenvalue weighted by Gasteiger charge is -2.18. The molecule has 38 heavy (non-hydrogen) atoms. The van der Waals surface area contributed by atoms with Crippen LogP contribution >= 0.6 is 0 Å². The summed E-state index contributed by atoms with van der Waals surface area (Å²) in [4.78, 5) is 13.6. The van der Waals surface area contributed by atoms with Gasteiger partial charge in [0.25, 0.3) is 10.0 Å². The normalized spacial score (nSPS) is 13.1. The van der Waals surface area contributed by atoms with Gasteiger partial charge in [0.15, 0.2) is 0 Å². The summed E-state index contributed by atoms with van der Waals surface area (Å²) in [6.07, 6.45) is 0.574. The molecular weight excluding hydrogens is 500 g/mol. The highest BCUT2D eigenvalue weighted by atomic mass is 32.2. The van der Waals surface area contributed by atoms with Crippen molar-refractivity contribution in [2.24, 2.45) is 0 Å². The number of carbonyl (C=O) groups is 1. The average Bonchev–Trinajstić information content (AvgIpc) is 3.34. The van der Waals surface area contributed by atoms with Gasteiger partial charge in [0, 0.05) is 41.1 Å². The van der Waals surface area contributed by atoms with E-state index in [0.717, 1.165) is 22.0 Å². The summed E-state index contributed by atoms with van der Waals surface area (Å²) >= 11 is 0. The number of anilines is 2. The zero-order chi connectivity index (χ0) is 26.6. The predicted octanol–water partition coefficient (Wildman–Crippen LogP) is 5.78. The Hall–Kier alpha value is -4.56. The first-order valence-corrected chi connectivity index (χ1v) is 13.6. The summed E-state index contributed by atoms with van der Waals surface area (Å²) in [6, 6.07) is 24.1. The molecule has 6 rings (SSSR count). The number of nitrogens with one attached hydrogen (secondary N) is 1. The van der Waals surface area contributed by atoms with Gasteiger partial charge in [0.05, 0.1) is 10.6 Å². The molecule has 0 radical (unpaired) electrons. The van der Waals surface area contributed by atoms with Crippen LogP contribution in [0.15, 0.2) is 89.8 Å². The fourth-order valence-electron chi connectivity index (χ4n) is 5.25. The summed E-state index contributed by atoms with van der Waals surface area (Å²) in [5.74, 6) is -0.175. The van der Waals surface area contributed by atoms with E-state index in [4.69, 9.17) is 0 Å². The lowest BCUT2D eigenvalue weighted by Crippen LogP contribution is -2.25. The third kappa shape index (κ3) is 3.81. The number of aromatic hydroxyl groups is 2. The van der Waals surface area contributed by atoms with Crippen molar-refractivity contribution in [2.75, 3.05) is 16.2 Å². The molecule has 8 heteroatoms. The average molecular weight is 525 g/mol. The standard InChI is InChI=1S/C30H24N2O5S/c1-18(33)32-15-14-20-16-21(11-12-27(20)32)38(36,37)31-26-17-25(30(35)24-9-5-4-8-23(24)26)29-22-7-3-2-6-19(22)10-13-28(29)34/h2-13,16-17,31,34-35H,14-15H2,1H3. The molecule has 0 bridgehead atoms. The Morgan fingerprint density at radius 3 is 2.34 bits per heavy atom. The van der Waals surface area contributed by atoms with E-state index in [1.165, 1.54) is 13.0 Å². The van der Waals surface area contributed by atoms with Crippen molar-refractivity contribution < 1.29 is 23.4 Å². The van der Waals surface area contributed by atoms with Crippen LogP contribution in [0.4, 0.5) is 11.4 Å². The largest absolute Gasteiger partial charge is 0.507 e. The van der Waals surface area contributed by atoms with Gasteiger partial charge in [0.1, 0.15) is 11.5 Å². The Morgan fingerprint density at radius 2 is 1.58 bits per heavy atom. The lowest BCUT2D eigenvalue weighted by atomic mass is 9.93. The number of amides is 1. The highest BCUT2D eigenvalue weighted by Gasteiger charge is 2.26. The van der Waals surface area contributed by atoms with Crippen LogP contribution in [0.3, 0.4) is 0 Å². The minimum absolute atomic E-state index is 0.0308. The van der Waals surface area contributed by atoms with Crippen LogP contribution in [0.5, 0.6) is 11.5 Å². The molecule has 0 spiro atoms. The van der Waals surface area contributed by atoms with Crippen LogP contribution in [-0.2, 0) is 21.2 Å². The van der Waals surface area contributed by atoms with Crippen LogP contribution in [0, 0.1) is 0 Å². The van der Waals surface area contributed by atoms with Crippen LogP contribution in [0.1, 0.15) is 12.5 Å². The molecule has 1 aliphatic rings. The number of carbonyl (C=O) groups excluding carboxylic acids is 1. The Kier molecular flexibility index (Phi) is 5.50. The number of phenols is 2. The molecule has 0 saturated carbocycles. The van der Waals surface area contributed by atoms with Gasteiger partial charge in [-0.3, -0.25) is 9.52 Å². The topological polar surface area (TPSA) is 107 Å². The number of phenolic OH excluding ortho intramolecular Hbond substituents is 2. The van der Waals surface area contributed by atoms with E-state index in [9.17, 15) is 23.4 Å². The van der Waals surface area contributed by atoms with E-state index in [2.05, 4.69) is 4.72 Å². The van der Waals surface area contributed by atoms with E-state index >= 15 is 0 Å². The molecule has 1 aliphatic heterocycles. The zero-order valence-corrected chi connectivity index (χ0v) is 21.3. The number of hydrogen-bond acceptors (Lipinski definition) is 5. The minimum atomic E-state index is -4.03. The Labute approximate surface area is 219 Å². The molecular formula is C30H24N2O5S. The first kappa shape index (κ1) is 23.8. The number of sulfonamides is 1. The number of nitrogens with zero attached hydrogens (tertiary/aromatic N) is 1. The summed E-state index contributed by atoms with van der Waals surface area (Å²) in [5.41, 5.74) is 2.50. The van der Waals surface area contributed by atoms with Gasteiger partial charge in [-0.2, -0.15) is 0 Å². The maximum Gasteiger partial charge on any atom is 0.261 e.